The van der Waals surface area contributed by atoms with Crippen molar-refractivity contribution in [2.24, 2.45) is 0 Å². The lowest BCUT2D eigenvalue weighted by Crippen LogP contribution is -2.55. The number of nitrogens with one attached hydrogen (secondary N) is 1. The van der Waals surface area contributed by atoms with Gasteiger partial charge in [0.25, 0.3) is 0 Å². The molecule has 52 heavy (non-hydrogen) atoms. The highest BCUT2D eigenvalue weighted by Crippen LogP contribution is 2.45. The largest absolute Gasteiger partial charge is 0.497 e. The van der Waals surface area contributed by atoms with E-state index >= 15 is 0 Å². The number of hydrogen-bond donors (Lipinski definition) is 1. The monoisotopic (exact) mass is 703 g/mol. The summed E-state index contributed by atoms with van der Waals surface area (Å²) in [5.41, 5.74) is 5.91. The number of carbonyl (C=O) groups is 1. The van der Waals surface area contributed by atoms with Gasteiger partial charge in [-0.25, -0.2) is 0 Å². The maximum Gasteiger partial charge on any atom is 0.311 e. The van der Waals surface area contributed by atoms with E-state index in [1.165, 1.54) is 36.6 Å². The van der Waals surface area contributed by atoms with Gasteiger partial charge in [-0.1, -0.05) is 79.2 Å². The Labute approximate surface area is 308 Å². The third kappa shape index (κ3) is 8.50. The Bertz CT molecular complexity index is 1740. The van der Waals surface area contributed by atoms with Crippen molar-refractivity contribution < 1.29 is 19.2 Å². The number of fused-ring (bicyclic) bond motifs is 1. The van der Waals surface area contributed by atoms with Gasteiger partial charge in [-0.15, -0.1) is 0 Å². The molecule has 6 rings (SSSR count). The zero-order valence-electron chi connectivity index (χ0n) is 30.8. The van der Waals surface area contributed by atoms with E-state index in [2.05, 4.69) is 70.9 Å². The summed E-state index contributed by atoms with van der Waals surface area (Å²) in [6.45, 7) is 2.67. The van der Waals surface area contributed by atoms with Gasteiger partial charge in [-0.2, -0.15) is 0 Å². The average Bonchev–Trinajstić information content (AvgIpc) is 3.19. The lowest BCUT2D eigenvalue weighted by molar-refractivity contribution is -0.385. The number of rotatable bonds is 16. The van der Waals surface area contributed by atoms with E-state index in [9.17, 15) is 14.9 Å². The fraction of sp³-hybridized carbons (Fsp3) is 0.432. The number of ether oxygens (including phenoxy) is 2. The normalized spacial score (nSPS) is 17.3. The quantitative estimate of drug-likeness (QED) is 0.0714. The summed E-state index contributed by atoms with van der Waals surface area (Å²) in [6.07, 6.45) is 11.2. The van der Waals surface area contributed by atoms with Crippen LogP contribution in [0.25, 0.3) is 0 Å². The van der Waals surface area contributed by atoms with Crippen LogP contribution in [0.15, 0.2) is 97.1 Å². The highest BCUT2D eigenvalue weighted by Gasteiger charge is 2.42. The van der Waals surface area contributed by atoms with Gasteiger partial charge in [0.2, 0.25) is 5.91 Å². The highest BCUT2D eigenvalue weighted by atomic mass is 16.6. The molecule has 4 aromatic rings. The summed E-state index contributed by atoms with van der Waals surface area (Å²) in [4.78, 5) is 27.2. The predicted octanol–water partition coefficient (Wildman–Crippen LogP) is 8.62. The molecular weight excluding hydrogens is 650 g/mol. The van der Waals surface area contributed by atoms with Gasteiger partial charge in [0, 0.05) is 30.0 Å². The Hall–Kier alpha value is -4.69. The van der Waals surface area contributed by atoms with E-state index in [1.807, 2.05) is 30.3 Å². The first-order valence-electron chi connectivity index (χ1n) is 19.0. The van der Waals surface area contributed by atoms with Gasteiger partial charge < -0.3 is 14.8 Å². The van der Waals surface area contributed by atoms with Crippen LogP contribution in [0, 0.1) is 10.1 Å². The number of nitro groups is 1. The molecular formula is C44H53N3O5. The number of nitro benzene ring substituents is 1. The smallest absolute Gasteiger partial charge is 0.311 e. The SMILES string of the molecule is COc1ccc(CCC(=O)NCCCC(CCCN2CCCCC23CCc2cc(OC)c([N+](=O)[O-])cc2C3)(c2ccccc2)c2ccccc2)cc1. The van der Waals surface area contributed by atoms with Crippen molar-refractivity contribution in [3.8, 4) is 11.5 Å². The Morgan fingerprint density at radius 3 is 2.21 bits per heavy atom. The Morgan fingerprint density at radius 2 is 1.56 bits per heavy atom. The minimum absolute atomic E-state index is 0.0198. The molecule has 1 amide bonds. The summed E-state index contributed by atoms with van der Waals surface area (Å²) in [7, 11) is 3.16. The molecule has 4 aromatic carbocycles. The van der Waals surface area contributed by atoms with Crippen molar-refractivity contribution >= 4 is 11.6 Å². The van der Waals surface area contributed by atoms with E-state index in [4.69, 9.17) is 9.47 Å². The molecule has 0 aromatic heterocycles. The number of benzene rings is 4. The van der Waals surface area contributed by atoms with Crippen LogP contribution in [0.4, 0.5) is 5.69 Å². The van der Waals surface area contributed by atoms with E-state index in [-0.39, 0.29) is 27.5 Å². The summed E-state index contributed by atoms with van der Waals surface area (Å²) in [5, 5.41) is 15.1. The standard InChI is InChI=1S/C44H53N3O5/c1-51-39-20-17-34(18-21-39)19-22-42(48)45-28-11-25-44(37-13-5-3-6-14-37,38-15-7-4-8-16-38)26-12-30-46-29-10-9-24-43(46)27-23-35-32-41(52-2)40(47(49)50)31-36(35)33-43/h3-8,13-18,20-21,31-32H,9-12,19,22-30,33H2,1-2H3,(H,45,48). The zero-order chi connectivity index (χ0) is 36.4. The molecule has 0 saturated carbocycles. The zero-order valence-corrected chi connectivity index (χ0v) is 30.8. The summed E-state index contributed by atoms with van der Waals surface area (Å²) < 4.78 is 10.7. The Kier molecular flexibility index (Phi) is 12.3. The van der Waals surface area contributed by atoms with Crippen molar-refractivity contribution in [1.29, 1.82) is 0 Å². The Balaban J connectivity index is 1.15. The number of amides is 1. The molecule has 0 radical (unpaired) electrons. The minimum Gasteiger partial charge on any atom is -0.497 e. The topological polar surface area (TPSA) is 93.9 Å². The lowest BCUT2D eigenvalue weighted by atomic mass is 9.68. The molecule has 2 aliphatic rings. The molecule has 1 heterocycles. The molecule has 1 saturated heterocycles. The van der Waals surface area contributed by atoms with Crippen LogP contribution in [-0.4, -0.2) is 55.1 Å². The molecule has 0 bridgehead atoms. The maximum absolute atomic E-state index is 12.9. The summed E-state index contributed by atoms with van der Waals surface area (Å²) in [6, 6.07) is 33.4. The van der Waals surface area contributed by atoms with Gasteiger partial charge >= 0.3 is 5.69 Å². The number of methoxy groups -OCH3 is 2. The van der Waals surface area contributed by atoms with Gasteiger partial charge in [-0.3, -0.25) is 19.8 Å². The molecule has 8 nitrogen and oxygen atoms in total. The van der Waals surface area contributed by atoms with Crippen LogP contribution < -0.4 is 14.8 Å². The molecule has 1 aliphatic carbocycles. The molecule has 1 aliphatic heterocycles. The van der Waals surface area contributed by atoms with Crippen LogP contribution in [0.1, 0.15) is 85.6 Å². The Morgan fingerprint density at radius 1 is 0.865 bits per heavy atom. The molecule has 1 atom stereocenters. The summed E-state index contributed by atoms with van der Waals surface area (Å²) in [5.74, 6) is 1.25. The fourth-order valence-corrected chi connectivity index (χ4v) is 8.86. The second-order valence-corrected chi connectivity index (χ2v) is 14.6. The van der Waals surface area contributed by atoms with Crippen molar-refractivity contribution in [2.45, 2.75) is 88.0 Å². The second kappa shape index (κ2) is 17.2. The third-order valence-electron chi connectivity index (χ3n) is 11.7. The molecule has 274 valence electrons. The van der Waals surface area contributed by atoms with E-state index < -0.39 is 0 Å². The number of piperidine rings is 1. The first-order chi connectivity index (χ1) is 25.4. The molecule has 1 unspecified atom stereocenters. The van der Waals surface area contributed by atoms with Crippen molar-refractivity contribution in [3.63, 3.8) is 0 Å². The number of likely N-dealkylation sites (tertiary alicyclic amines) is 1. The second-order valence-electron chi connectivity index (χ2n) is 14.6. The van der Waals surface area contributed by atoms with E-state index in [1.54, 1.807) is 13.2 Å². The average molecular weight is 704 g/mol. The van der Waals surface area contributed by atoms with Crippen molar-refractivity contribution in [1.82, 2.24) is 10.2 Å². The van der Waals surface area contributed by atoms with Crippen LogP contribution in [0.5, 0.6) is 11.5 Å². The molecule has 1 fully saturated rings. The molecule has 8 heteroatoms. The van der Waals surface area contributed by atoms with Crippen molar-refractivity contribution in [3.05, 3.63) is 135 Å². The summed E-state index contributed by atoms with van der Waals surface area (Å²) >= 11 is 0. The van der Waals surface area contributed by atoms with E-state index in [0.29, 0.717) is 25.1 Å². The predicted molar refractivity (Wildman–Crippen MR) is 206 cm³/mol. The number of carbonyl (C=O) groups excluding carboxylic acids is 1. The highest BCUT2D eigenvalue weighted by molar-refractivity contribution is 5.76. The third-order valence-corrected chi connectivity index (χ3v) is 11.7. The lowest BCUT2D eigenvalue weighted by Gasteiger charge is -2.50. The van der Waals surface area contributed by atoms with Gasteiger partial charge in [-0.05, 0) is 123 Å². The number of nitrogens with zero attached hydrogens (tertiary/aromatic N) is 2. The number of hydrogen-bond acceptors (Lipinski definition) is 6. The minimum atomic E-state index is -0.320. The fourth-order valence-electron chi connectivity index (χ4n) is 8.86. The van der Waals surface area contributed by atoms with Crippen LogP contribution in [0.2, 0.25) is 0 Å². The van der Waals surface area contributed by atoms with Gasteiger partial charge in [0.15, 0.2) is 5.75 Å². The van der Waals surface area contributed by atoms with Crippen LogP contribution >= 0.6 is 0 Å². The van der Waals surface area contributed by atoms with Gasteiger partial charge in [0.1, 0.15) is 5.75 Å². The number of aryl methyl sites for hydroxylation is 2. The van der Waals surface area contributed by atoms with Crippen LogP contribution in [-0.2, 0) is 29.5 Å². The maximum atomic E-state index is 12.9. The molecule has 1 spiro atoms. The first kappa shape index (κ1) is 37.1. The van der Waals surface area contributed by atoms with Gasteiger partial charge in [0.05, 0.1) is 19.1 Å². The molecule has 1 N–H and O–H groups in total. The van der Waals surface area contributed by atoms with Crippen molar-refractivity contribution in [2.75, 3.05) is 33.9 Å². The first-order valence-corrected chi connectivity index (χ1v) is 19.0. The van der Waals surface area contributed by atoms with Crippen LogP contribution in [0.3, 0.4) is 0 Å². The van der Waals surface area contributed by atoms with E-state index in [0.717, 1.165) is 81.3 Å².